The summed E-state index contributed by atoms with van der Waals surface area (Å²) in [6.07, 6.45) is 1.41. The van der Waals surface area contributed by atoms with E-state index in [1.807, 2.05) is 0 Å². The fourth-order valence-electron chi connectivity index (χ4n) is 0.519. The third-order valence-electron chi connectivity index (χ3n) is 0.933. The van der Waals surface area contributed by atoms with Crippen molar-refractivity contribution >= 4 is 11.7 Å². The summed E-state index contributed by atoms with van der Waals surface area (Å²) in [5.74, 6) is -0.949. The van der Waals surface area contributed by atoms with Gasteiger partial charge in [0.2, 0.25) is 0 Å². The summed E-state index contributed by atoms with van der Waals surface area (Å²) in [5.41, 5.74) is 4.88. The first-order valence-electron chi connectivity index (χ1n) is 2.56. The fraction of sp³-hybridized carbons (Fsp3) is 0.333. The number of amides is 1. The smallest absolute Gasteiger partial charge is 0.251 e. The topological polar surface area (TPSA) is 60.2 Å². The monoisotopic (exact) mass is 127 g/mol. The van der Waals surface area contributed by atoms with Crippen LogP contribution in [0.1, 0.15) is 13.8 Å². The highest BCUT2D eigenvalue weighted by Crippen LogP contribution is 1.92. The Morgan fingerprint density at radius 1 is 1.44 bits per heavy atom. The number of allylic oxidation sites excluding steroid dienone is 1. The molecule has 0 atom stereocenters. The molecule has 0 spiro atoms. The SMILES string of the molecule is C/C=C(\C(C)=O)C(N)=O. The van der Waals surface area contributed by atoms with Gasteiger partial charge < -0.3 is 5.73 Å². The van der Waals surface area contributed by atoms with Gasteiger partial charge in [-0.15, -0.1) is 0 Å². The Balaban J connectivity index is 4.38. The lowest BCUT2D eigenvalue weighted by molar-refractivity contribution is -0.119. The molecule has 0 fully saturated rings. The van der Waals surface area contributed by atoms with Gasteiger partial charge in [-0.25, -0.2) is 0 Å². The lowest BCUT2D eigenvalue weighted by atomic mass is 10.2. The summed E-state index contributed by atoms with van der Waals surface area (Å²) in [6, 6.07) is 0. The van der Waals surface area contributed by atoms with Gasteiger partial charge in [-0.3, -0.25) is 9.59 Å². The molecule has 0 saturated heterocycles. The highest BCUT2D eigenvalue weighted by atomic mass is 16.2. The molecule has 0 radical (unpaired) electrons. The molecular weight excluding hydrogens is 118 g/mol. The number of carbonyl (C=O) groups excluding carboxylic acids is 2. The van der Waals surface area contributed by atoms with E-state index in [4.69, 9.17) is 5.73 Å². The van der Waals surface area contributed by atoms with Crippen molar-refractivity contribution in [1.29, 1.82) is 0 Å². The van der Waals surface area contributed by atoms with Crippen LogP contribution in [-0.4, -0.2) is 11.7 Å². The number of carbonyl (C=O) groups is 2. The van der Waals surface area contributed by atoms with Gasteiger partial charge in [0.25, 0.3) is 5.91 Å². The second kappa shape index (κ2) is 3.02. The van der Waals surface area contributed by atoms with Crippen LogP contribution in [0.5, 0.6) is 0 Å². The van der Waals surface area contributed by atoms with E-state index in [1.165, 1.54) is 13.0 Å². The predicted molar refractivity (Wildman–Crippen MR) is 33.6 cm³/mol. The van der Waals surface area contributed by atoms with Crippen LogP contribution < -0.4 is 5.73 Å². The number of ketones is 1. The van der Waals surface area contributed by atoms with Crippen LogP contribution in [0.25, 0.3) is 0 Å². The van der Waals surface area contributed by atoms with Crippen molar-refractivity contribution in [2.75, 3.05) is 0 Å². The molecule has 0 saturated carbocycles. The van der Waals surface area contributed by atoms with Gasteiger partial charge in [0.1, 0.15) is 0 Å². The zero-order chi connectivity index (χ0) is 7.44. The summed E-state index contributed by atoms with van der Waals surface area (Å²) in [7, 11) is 0. The van der Waals surface area contributed by atoms with Gasteiger partial charge in [0.15, 0.2) is 5.78 Å². The first-order valence-corrected chi connectivity index (χ1v) is 2.56. The van der Waals surface area contributed by atoms with Gasteiger partial charge in [0.05, 0.1) is 5.57 Å². The van der Waals surface area contributed by atoms with E-state index >= 15 is 0 Å². The molecular formula is C6H9NO2. The van der Waals surface area contributed by atoms with Crippen molar-refractivity contribution in [3.8, 4) is 0 Å². The minimum absolute atomic E-state index is 0.0648. The van der Waals surface area contributed by atoms with Crippen LogP contribution in [0.2, 0.25) is 0 Å². The number of hydrogen-bond acceptors (Lipinski definition) is 2. The lowest BCUT2D eigenvalue weighted by Crippen LogP contribution is -2.18. The molecule has 0 rings (SSSR count). The summed E-state index contributed by atoms with van der Waals surface area (Å²) < 4.78 is 0. The molecule has 3 nitrogen and oxygen atoms in total. The predicted octanol–water partition coefficient (Wildman–Crippen LogP) is 0.00700. The lowest BCUT2D eigenvalue weighted by Gasteiger charge is -1.92. The molecule has 0 bridgehead atoms. The Morgan fingerprint density at radius 2 is 1.89 bits per heavy atom. The Kier molecular flexibility index (Phi) is 2.64. The molecule has 1 amide bonds. The van der Waals surface area contributed by atoms with E-state index in [1.54, 1.807) is 6.92 Å². The summed E-state index contributed by atoms with van der Waals surface area (Å²) in [4.78, 5) is 20.8. The van der Waals surface area contributed by atoms with Gasteiger partial charge in [-0.05, 0) is 13.8 Å². The normalized spacial score (nSPS) is 11.1. The Bertz CT molecular complexity index is 154. The van der Waals surface area contributed by atoms with Gasteiger partial charge in [-0.2, -0.15) is 0 Å². The summed E-state index contributed by atoms with van der Waals surface area (Å²) in [5, 5.41) is 0. The average Bonchev–Trinajstić information content (AvgIpc) is 1.64. The quantitative estimate of drug-likeness (QED) is 0.322. The maximum absolute atomic E-state index is 10.4. The number of rotatable bonds is 2. The van der Waals surface area contributed by atoms with Gasteiger partial charge >= 0.3 is 0 Å². The van der Waals surface area contributed by atoms with E-state index in [0.29, 0.717) is 0 Å². The van der Waals surface area contributed by atoms with Crippen molar-refractivity contribution in [2.45, 2.75) is 13.8 Å². The van der Waals surface area contributed by atoms with E-state index in [2.05, 4.69) is 0 Å². The molecule has 0 aliphatic carbocycles. The van der Waals surface area contributed by atoms with Gasteiger partial charge in [-0.1, -0.05) is 6.08 Å². The molecule has 0 heterocycles. The molecule has 0 aromatic rings. The van der Waals surface area contributed by atoms with E-state index < -0.39 is 5.91 Å². The molecule has 0 aromatic carbocycles. The largest absolute Gasteiger partial charge is 0.365 e. The molecule has 0 aromatic heterocycles. The molecule has 2 N–H and O–H groups in total. The highest BCUT2D eigenvalue weighted by molar-refractivity contribution is 6.17. The zero-order valence-corrected chi connectivity index (χ0v) is 5.47. The molecule has 50 valence electrons. The number of nitrogens with two attached hydrogens (primary N) is 1. The number of Topliss-reactive ketones (excluding diaryl/α,β-unsaturated/α-hetero) is 1. The van der Waals surface area contributed by atoms with Crippen molar-refractivity contribution < 1.29 is 9.59 Å². The third-order valence-corrected chi connectivity index (χ3v) is 0.933. The second-order valence-electron chi connectivity index (χ2n) is 1.62. The molecule has 9 heavy (non-hydrogen) atoms. The van der Waals surface area contributed by atoms with Gasteiger partial charge in [0, 0.05) is 0 Å². The first-order chi connectivity index (χ1) is 4.09. The fourth-order valence-corrected chi connectivity index (χ4v) is 0.519. The van der Waals surface area contributed by atoms with Crippen LogP contribution in [0.15, 0.2) is 11.6 Å². The standard InChI is InChI=1S/C6H9NO2/c1-3-5(4(2)8)6(7)9/h3H,1-2H3,(H2,7,9)/b5-3+. The third kappa shape index (κ3) is 2.08. The maximum atomic E-state index is 10.4. The minimum atomic E-state index is -0.662. The molecule has 0 aliphatic rings. The van der Waals surface area contributed by atoms with Crippen molar-refractivity contribution in [1.82, 2.24) is 0 Å². The maximum Gasteiger partial charge on any atom is 0.251 e. The van der Waals surface area contributed by atoms with Crippen LogP contribution in [0.3, 0.4) is 0 Å². The van der Waals surface area contributed by atoms with Crippen LogP contribution in [0.4, 0.5) is 0 Å². The Labute approximate surface area is 53.5 Å². The molecule has 0 unspecified atom stereocenters. The van der Waals surface area contributed by atoms with Crippen molar-refractivity contribution in [3.63, 3.8) is 0 Å². The average molecular weight is 127 g/mol. The molecule has 3 heteroatoms. The summed E-state index contributed by atoms with van der Waals surface area (Å²) in [6.45, 7) is 2.90. The van der Waals surface area contributed by atoms with Crippen molar-refractivity contribution in [2.24, 2.45) is 5.73 Å². The van der Waals surface area contributed by atoms with Crippen LogP contribution in [0, 0.1) is 0 Å². The zero-order valence-electron chi connectivity index (χ0n) is 5.47. The van der Waals surface area contributed by atoms with Crippen molar-refractivity contribution in [3.05, 3.63) is 11.6 Å². The summed E-state index contributed by atoms with van der Waals surface area (Å²) >= 11 is 0. The minimum Gasteiger partial charge on any atom is -0.365 e. The van der Waals surface area contributed by atoms with E-state index in [-0.39, 0.29) is 11.4 Å². The Hall–Kier alpha value is -1.12. The number of primary amides is 1. The highest BCUT2D eigenvalue weighted by Gasteiger charge is 2.06. The van der Waals surface area contributed by atoms with Crippen LogP contribution in [-0.2, 0) is 9.59 Å². The second-order valence-corrected chi connectivity index (χ2v) is 1.62. The van der Waals surface area contributed by atoms with E-state index in [0.717, 1.165) is 0 Å². The number of hydrogen-bond donors (Lipinski definition) is 1. The van der Waals surface area contributed by atoms with Crippen LogP contribution >= 0.6 is 0 Å². The molecule has 0 aliphatic heterocycles. The first kappa shape index (κ1) is 7.88. The Morgan fingerprint density at radius 3 is 1.89 bits per heavy atom. The van der Waals surface area contributed by atoms with E-state index in [9.17, 15) is 9.59 Å².